The van der Waals surface area contributed by atoms with E-state index >= 15 is 0 Å². The molecule has 0 aliphatic heterocycles. The van der Waals surface area contributed by atoms with Crippen molar-refractivity contribution in [1.29, 1.82) is 5.26 Å². The van der Waals surface area contributed by atoms with E-state index in [9.17, 15) is 10.1 Å². The summed E-state index contributed by atoms with van der Waals surface area (Å²) in [6.07, 6.45) is 2.00. The zero-order valence-corrected chi connectivity index (χ0v) is 13.6. The molecule has 1 aromatic carbocycles. The fraction of sp³-hybridized carbons (Fsp3) is 0.400. The lowest BCUT2D eigenvalue weighted by atomic mass is 9.98. The number of rotatable bonds is 5. The summed E-state index contributed by atoms with van der Waals surface area (Å²) in [6, 6.07) is 7.63. The number of H-pyrrole nitrogens is 1. The minimum atomic E-state index is -0.751. The summed E-state index contributed by atoms with van der Waals surface area (Å²) in [5, 5.41) is 13.4. The highest BCUT2D eigenvalue weighted by Gasteiger charge is 2.42. The SMILES string of the molecule is C[C@](C#N)(NC(=O)CSc1nc2ccc(Cl)cc2[nH]1)C1CC1. The Morgan fingerprint density at radius 2 is 2.41 bits per heavy atom. The largest absolute Gasteiger partial charge is 0.337 e. The van der Waals surface area contributed by atoms with Gasteiger partial charge in [0.1, 0.15) is 5.54 Å². The number of nitrogens with one attached hydrogen (secondary N) is 2. The normalized spacial score (nSPS) is 17.0. The molecule has 1 amide bonds. The van der Waals surface area contributed by atoms with Gasteiger partial charge in [-0.25, -0.2) is 4.98 Å². The van der Waals surface area contributed by atoms with Gasteiger partial charge >= 0.3 is 0 Å². The highest BCUT2D eigenvalue weighted by Crippen LogP contribution is 2.39. The molecular weight excluding hydrogens is 320 g/mol. The van der Waals surface area contributed by atoms with Crippen LogP contribution in [0.25, 0.3) is 11.0 Å². The lowest BCUT2D eigenvalue weighted by Crippen LogP contribution is -2.47. The van der Waals surface area contributed by atoms with Crippen molar-refractivity contribution in [2.75, 3.05) is 5.75 Å². The van der Waals surface area contributed by atoms with Crippen LogP contribution in [0.3, 0.4) is 0 Å². The summed E-state index contributed by atoms with van der Waals surface area (Å²) in [4.78, 5) is 19.6. The maximum absolute atomic E-state index is 12.0. The monoisotopic (exact) mass is 334 g/mol. The fourth-order valence-electron chi connectivity index (χ4n) is 2.37. The van der Waals surface area contributed by atoms with Crippen LogP contribution in [-0.4, -0.2) is 27.2 Å². The predicted molar refractivity (Wildman–Crippen MR) is 86.7 cm³/mol. The smallest absolute Gasteiger partial charge is 0.231 e. The second-order valence-electron chi connectivity index (χ2n) is 5.63. The van der Waals surface area contributed by atoms with Crippen LogP contribution in [-0.2, 0) is 4.79 Å². The quantitative estimate of drug-likeness (QED) is 0.823. The lowest BCUT2D eigenvalue weighted by Gasteiger charge is -2.22. The van der Waals surface area contributed by atoms with E-state index in [0.717, 1.165) is 23.9 Å². The number of thioether (sulfide) groups is 1. The van der Waals surface area contributed by atoms with Crippen molar-refractivity contribution in [2.45, 2.75) is 30.5 Å². The molecule has 0 unspecified atom stereocenters. The minimum Gasteiger partial charge on any atom is -0.337 e. The highest BCUT2D eigenvalue weighted by atomic mass is 35.5. The van der Waals surface area contributed by atoms with Gasteiger partial charge in [0.15, 0.2) is 5.16 Å². The number of halogens is 1. The first-order valence-corrected chi connectivity index (χ1v) is 8.37. The molecule has 0 bridgehead atoms. The van der Waals surface area contributed by atoms with Crippen LogP contribution in [0.5, 0.6) is 0 Å². The predicted octanol–water partition coefficient (Wildman–Crippen LogP) is 3.12. The number of carbonyl (C=O) groups excluding carboxylic acids is 1. The third-order valence-electron chi connectivity index (χ3n) is 3.79. The van der Waals surface area contributed by atoms with E-state index in [0.29, 0.717) is 10.2 Å². The van der Waals surface area contributed by atoms with Gasteiger partial charge < -0.3 is 10.3 Å². The molecule has 1 saturated carbocycles. The van der Waals surface area contributed by atoms with E-state index in [4.69, 9.17) is 11.6 Å². The van der Waals surface area contributed by atoms with E-state index in [1.165, 1.54) is 11.8 Å². The molecule has 0 spiro atoms. The maximum atomic E-state index is 12.0. The number of aromatic nitrogens is 2. The zero-order chi connectivity index (χ0) is 15.7. The molecule has 1 aliphatic carbocycles. The number of carbonyl (C=O) groups is 1. The average Bonchev–Trinajstić information content (AvgIpc) is 3.26. The summed E-state index contributed by atoms with van der Waals surface area (Å²) in [5.41, 5.74) is 0.904. The summed E-state index contributed by atoms with van der Waals surface area (Å²) in [5.74, 6) is 0.344. The molecular formula is C15H15ClN4OS. The van der Waals surface area contributed by atoms with Crippen LogP contribution >= 0.6 is 23.4 Å². The van der Waals surface area contributed by atoms with Gasteiger partial charge in [-0.2, -0.15) is 5.26 Å². The lowest BCUT2D eigenvalue weighted by molar-refractivity contribution is -0.119. The van der Waals surface area contributed by atoms with Crippen molar-refractivity contribution in [1.82, 2.24) is 15.3 Å². The van der Waals surface area contributed by atoms with E-state index in [1.807, 2.05) is 6.07 Å². The van der Waals surface area contributed by atoms with Gasteiger partial charge in [-0.15, -0.1) is 0 Å². The van der Waals surface area contributed by atoms with Gasteiger partial charge in [0.05, 0.1) is 22.9 Å². The summed E-state index contributed by atoms with van der Waals surface area (Å²) < 4.78 is 0. The molecule has 1 fully saturated rings. The molecule has 22 heavy (non-hydrogen) atoms. The van der Waals surface area contributed by atoms with Crippen LogP contribution < -0.4 is 5.32 Å². The molecule has 2 aromatic rings. The fourth-order valence-corrected chi connectivity index (χ4v) is 3.23. The number of amides is 1. The van der Waals surface area contributed by atoms with Crippen molar-refractivity contribution in [3.8, 4) is 6.07 Å². The molecule has 7 heteroatoms. The van der Waals surface area contributed by atoms with E-state index < -0.39 is 5.54 Å². The van der Waals surface area contributed by atoms with Crippen molar-refractivity contribution < 1.29 is 4.79 Å². The first-order valence-electron chi connectivity index (χ1n) is 7.00. The highest BCUT2D eigenvalue weighted by molar-refractivity contribution is 7.99. The number of fused-ring (bicyclic) bond motifs is 1. The molecule has 1 aliphatic rings. The maximum Gasteiger partial charge on any atom is 0.231 e. The Morgan fingerprint density at radius 1 is 1.64 bits per heavy atom. The number of benzene rings is 1. The number of hydrogen-bond donors (Lipinski definition) is 2. The van der Waals surface area contributed by atoms with Crippen LogP contribution in [0.1, 0.15) is 19.8 Å². The Hall–Kier alpha value is -1.71. The number of imidazole rings is 1. The minimum absolute atomic E-state index is 0.153. The third kappa shape index (κ3) is 3.21. The van der Waals surface area contributed by atoms with Crippen LogP contribution in [0.15, 0.2) is 23.4 Å². The topological polar surface area (TPSA) is 81.6 Å². The summed E-state index contributed by atoms with van der Waals surface area (Å²) in [6.45, 7) is 1.79. The Kier molecular flexibility index (Phi) is 4.02. The molecule has 1 aromatic heterocycles. The van der Waals surface area contributed by atoms with Gasteiger partial charge in [-0.1, -0.05) is 23.4 Å². The van der Waals surface area contributed by atoms with Crippen molar-refractivity contribution in [3.05, 3.63) is 23.2 Å². The molecule has 3 rings (SSSR count). The number of nitrogens with zero attached hydrogens (tertiary/aromatic N) is 2. The van der Waals surface area contributed by atoms with Crippen molar-refractivity contribution in [2.24, 2.45) is 5.92 Å². The van der Waals surface area contributed by atoms with Crippen molar-refractivity contribution >= 4 is 40.3 Å². The Bertz CT molecular complexity index is 764. The van der Waals surface area contributed by atoms with Crippen LogP contribution in [0.4, 0.5) is 0 Å². The van der Waals surface area contributed by atoms with Gasteiger partial charge in [-0.3, -0.25) is 4.79 Å². The van der Waals surface area contributed by atoms with Crippen LogP contribution in [0.2, 0.25) is 5.02 Å². The molecule has 1 heterocycles. The van der Waals surface area contributed by atoms with E-state index in [1.54, 1.807) is 19.1 Å². The van der Waals surface area contributed by atoms with Crippen molar-refractivity contribution in [3.63, 3.8) is 0 Å². The molecule has 5 nitrogen and oxygen atoms in total. The van der Waals surface area contributed by atoms with Gasteiger partial charge in [0.2, 0.25) is 5.91 Å². The van der Waals surface area contributed by atoms with Gasteiger partial charge in [-0.05, 0) is 43.9 Å². The molecule has 2 N–H and O–H groups in total. The molecule has 1 atom stereocenters. The number of hydrogen-bond acceptors (Lipinski definition) is 4. The second kappa shape index (κ2) is 5.82. The third-order valence-corrected chi connectivity index (χ3v) is 4.90. The number of nitriles is 1. The van der Waals surface area contributed by atoms with Crippen LogP contribution in [0, 0.1) is 17.2 Å². The Labute approximate surface area is 137 Å². The second-order valence-corrected chi connectivity index (χ2v) is 7.03. The van der Waals surface area contributed by atoms with E-state index in [2.05, 4.69) is 21.4 Å². The van der Waals surface area contributed by atoms with E-state index in [-0.39, 0.29) is 17.6 Å². The molecule has 0 radical (unpaired) electrons. The first kappa shape index (κ1) is 15.2. The summed E-state index contributed by atoms with van der Waals surface area (Å²) in [7, 11) is 0. The Balaban J connectivity index is 1.61. The standard InChI is InChI=1S/C15H15ClN4OS/c1-15(8-17,9-2-3-9)20-13(21)7-22-14-18-11-5-4-10(16)6-12(11)19-14/h4-6,9H,2-3,7H2,1H3,(H,18,19)(H,20,21)/t15-/m1/s1. The van der Waals surface area contributed by atoms with Gasteiger partial charge in [0, 0.05) is 5.02 Å². The Morgan fingerprint density at radius 3 is 3.09 bits per heavy atom. The number of aromatic amines is 1. The first-order chi connectivity index (χ1) is 10.5. The zero-order valence-electron chi connectivity index (χ0n) is 12.0. The summed E-state index contributed by atoms with van der Waals surface area (Å²) >= 11 is 7.24. The van der Waals surface area contributed by atoms with Gasteiger partial charge in [0.25, 0.3) is 0 Å². The molecule has 0 saturated heterocycles. The average molecular weight is 335 g/mol. The molecule has 114 valence electrons.